The lowest BCUT2D eigenvalue weighted by molar-refractivity contribution is 0.171. The molecule has 1 N–H and O–H groups in total. The molecule has 0 aliphatic heterocycles. The number of aryl methyl sites for hydroxylation is 2. The molecular weight excluding hydrogens is 272 g/mol. The number of hydrogen-bond donors (Lipinski definition) is 1. The van der Waals surface area contributed by atoms with Crippen LogP contribution in [0.2, 0.25) is 5.02 Å². The van der Waals surface area contributed by atoms with Crippen LogP contribution in [0.1, 0.15) is 37.0 Å². The minimum absolute atomic E-state index is 0.408. The number of aliphatic hydroxyl groups excluding tert-OH is 1. The summed E-state index contributed by atoms with van der Waals surface area (Å²) in [6.07, 6.45) is 2.09. The monoisotopic (exact) mass is 286 g/mol. The Balaban J connectivity index is 2.25. The average molecular weight is 287 g/mol. The Kier molecular flexibility index (Phi) is 4.31. The number of nitrogens with zero attached hydrogens (tertiary/aromatic N) is 4. The summed E-state index contributed by atoms with van der Waals surface area (Å²) < 4.78 is 9.76. The van der Waals surface area contributed by atoms with E-state index < -0.39 is 6.10 Å². The number of rotatable bonds is 5. The summed E-state index contributed by atoms with van der Waals surface area (Å²) in [6, 6.07) is 0. The largest absolute Gasteiger partial charge is 0.386 e. The van der Waals surface area contributed by atoms with Gasteiger partial charge in [-0.25, -0.2) is 0 Å². The number of aromatic nitrogens is 4. The van der Waals surface area contributed by atoms with Crippen molar-refractivity contribution in [1.82, 2.24) is 18.5 Å². The normalized spacial score (nSPS) is 12.9. The van der Waals surface area contributed by atoms with Crippen molar-refractivity contribution in [2.24, 2.45) is 0 Å². The summed E-state index contributed by atoms with van der Waals surface area (Å²) in [5.74, 6) is 0. The van der Waals surface area contributed by atoms with E-state index in [4.69, 9.17) is 11.6 Å². The molecule has 0 amide bonds. The molecule has 0 bridgehead atoms. The van der Waals surface area contributed by atoms with E-state index in [1.54, 1.807) is 6.20 Å². The first-order valence-corrected chi connectivity index (χ1v) is 6.97. The van der Waals surface area contributed by atoms with Crippen LogP contribution < -0.4 is 0 Å². The Morgan fingerprint density at radius 3 is 2.83 bits per heavy atom. The van der Waals surface area contributed by atoms with E-state index in [2.05, 4.69) is 13.8 Å². The highest BCUT2D eigenvalue weighted by molar-refractivity contribution is 6.99. The van der Waals surface area contributed by atoms with Gasteiger partial charge < -0.3 is 5.11 Å². The van der Waals surface area contributed by atoms with Crippen molar-refractivity contribution in [3.05, 3.63) is 28.3 Å². The molecule has 0 fully saturated rings. The molecule has 0 radical (unpaired) electrons. The fraction of sp³-hybridized carbons (Fsp3) is 0.545. The van der Waals surface area contributed by atoms with Gasteiger partial charge in [0.1, 0.15) is 11.8 Å². The maximum atomic E-state index is 10.1. The summed E-state index contributed by atoms with van der Waals surface area (Å²) in [5.41, 5.74) is 2.31. The van der Waals surface area contributed by atoms with Gasteiger partial charge in [0, 0.05) is 13.0 Å². The van der Waals surface area contributed by atoms with Crippen LogP contribution in [0.4, 0.5) is 0 Å². The molecule has 2 rings (SSSR count). The van der Waals surface area contributed by atoms with E-state index in [-0.39, 0.29) is 0 Å². The van der Waals surface area contributed by atoms with E-state index in [1.807, 2.05) is 18.5 Å². The van der Waals surface area contributed by atoms with Gasteiger partial charge in [0.05, 0.1) is 34.3 Å². The highest BCUT2D eigenvalue weighted by atomic mass is 35.5. The molecule has 0 saturated heterocycles. The van der Waals surface area contributed by atoms with Crippen molar-refractivity contribution in [2.75, 3.05) is 0 Å². The van der Waals surface area contributed by atoms with Gasteiger partial charge in [-0.15, -0.1) is 0 Å². The fourth-order valence-electron chi connectivity index (χ4n) is 1.82. The van der Waals surface area contributed by atoms with Gasteiger partial charge in [-0.3, -0.25) is 4.68 Å². The number of aliphatic hydroxyl groups is 1. The van der Waals surface area contributed by atoms with E-state index in [1.165, 1.54) is 0 Å². The maximum absolute atomic E-state index is 10.1. The van der Waals surface area contributed by atoms with E-state index in [9.17, 15) is 5.11 Å². The molecule has 18 heavy (non-hydrogen) atoms. The predicted molar refractivity (Wildman–Crippen MR) is 70.9 cm³/mol. The molecule has 2 aromatic heterocycles. The van der Waals surface area contributed by atoms with Crippen LogP contribution in [-0.2, 0) is 19.4 Å². The topological polar surface area (TPSA) is 63.8 Å². The molecule has 5 nitrogen and oxygen atoms in total. The second kappa shape index (κ2) is 5.77. The zero-order valence-corrected chi connectivity index (χ0v) is 11.9. The summed E-state index contributed by atoms with van der Waals surface area (Å²) in [5, 5.41) is 15.2. The fourth-order valence-corrected chi connectivity index (χ4v) is 2.63. The zero-order valence-electron chi connectivity index (χ0n) is 10.3. The molecule has 1 unspecified atom stereocenters. The summed E-state index contributed by atoms with van der Waals surface area (Å²) >= 11 is 7.37. The van der Waals surface area contributed by atoms with Crippen molar-refractivity contribution in [3.63, 3.8) is 0 Å². The molecule has 0 aliphatic carbocycles. The molecule has 7 heteroatoms. The Morgan fingerprint density at radius 2 is 2.28 bits per heavy atom. The van der Waals surface area contributed by atoms with Crippen LogP contribution in [-0.4, -0.2) is 23.6 Å². The van der Waals surface area contributed by atoms with Crippen molar-refractivity contribution in [1.29, 1.82) is 0 Å². The van der Waals surface area contributed by atoms with E-state index in [0.29, 0.717) is 17.1 Å². The zero-order chi connectivity index (χ0) is 13.1. The smallest absolute Gasteiger partial charge is 0.104 e. The lowest BCUT2D eigenvalue weighted by Gasteiger charge is -2.09. The van der Waals surface area contributed by atoms with Crippen molar-refractivity contribution in [3.8, 4) is 0 Å². The first-order chi connectivity index (χ1) is 8.67. The Bertz CT molecular complexity index is 511. The van der Waals surface area contributed by atoms with Crippen LogP contribution in [0, 0.1) is 0 Å². The summed E-state index contributed by atoms with van der Waals surface area (Å²) in [4.78, 5) is 0. The highest BCUT2D eigenvalue weighted by Crippen LogP contribution is 2.26. The number of hydrogen-bond acceptors (Lipinski definition) is 5. The molecule has 1 atom stereocenters. The summed E-state index contributed by atoms with van der Waals surface area (Å²) in [6.45, 7) is 4.75. The van der Waals surface area contributed by atoms with Crippen molar-refractivity contribution in [2.45, 2.75) is 39.3 Å². The van der Waals surface area contributed by atoms with Crippen LogP contribution in [0.5, 0.6) is 0 Å². The molecule has 0 saturated carbocycles. The first-order valence-electron chi connectivity index (χ1n) is 5.86. The average Bonchev–Trinajstić information content (AvgIpc) is 2.99. The minimum Gasteiger partial charge on any atom is -0.386 e. The SMILES string of the molecule is CCc1nn(CC)c(CC(O)c2cnsn2)c1Cl. The van der Waals surface area contributed by atoms with Crippen LogP contribution in [0.25, 0.3) is 0 Å². The van der Waals surface area contributed by atoms with Gasteiger partial charge in [-0.2, -0.15) is 13.8 Å². The maximum Gasteiger partial charge on any atom is 0.104 e. The molecule has 0 aliphatic rings. The third-order valence-corrected chi connectivity index (χ3v) is 3.73. The molecule has 2 heterocycles. The molecule has 2 aromatic rings. The lowest BCUT2D eigenvalue weighted by Crippen LogP contribution is -2.09. The molecular formula is C11H15ClN4OS. The van der Waals surface area contributed by atoms with E-state index >= 15 is 0 Å². The molecule has 0 aromatic carbocycles. The third-order valence-electron chi connectivity index (χ3n) is 2.80. The molecule has 98 valence electrons. The van der Waals surface area contributed by atoms with Crippen molar-refractivity contribution < 1.29 is 5.11 Å². The standard InChI is InChI=1S/C11H15ClN4OS/c1-3-7-11(12)9(16(4-2)14-7)5-10(17)8-6-13-18-15-8/h6,10,17H,3-5H2,1-2H3. The van der Waals surface area contributed by atoms with Crippen molar-refractivity contribution >= 4 is 23.3 Å². The van der Waals surface area contributed by atoms with Gasteiger partial charge in [-0.1, -0.05) is 18.5 Å². The highest BCUT2D eigenvalue weighted by Gasteiger charge is 2.19. The Hall–Kier alpha value is -0.980. The second-order valence-corrected chi connectivity index (χ2v) is 4.86. The third kappa shape index (κ3) is 2.55. The van der Waals surface area contributed by atoms with Gasteiger partial charge in [-0.05, 0) is 13.3 Å². The second-order valence-electron chi connectivity index (χ2n) is 3.93. The quantitative estimate of drug-likeness (QED) is 0.916. The van der Waals surface area contributed by atoms with Gasteiger partial charge in [0.25, 0.3) is 0 Å². The van der Waals surface area contributed by atoms with Crippen LogP contribution in [0.15, 0.2) is 6.20 Å². The van der Waals surface area contributed by atoms with Crippen LogP contribution >= 0.6 is 23.3 Å². The first kappa shape index (κ1) is 13.5. The van der Waals surface area contributed by atoms with Gasteiger partial charge >= 0.3 is 0 Å². The number of halogens is 1. The summed E-state index contributed by atoms with van der Waals surface area (Å²) in [7, 11) is 0. The minimum atomic E-state index is -0.687. The van der Waals surface area contributed by atoms with Gasteiger partial charge in [0.2, 0.25) is 0 Å². The Labute approximate surface area is 115 Å². The lowest BCUT2D eigenvalue weighted by atomic mass is 10.1. The van der Waals surface area contributed by atoms with Crippen LogP contribution in [0.3, 0.4) is 0 Å². The van der Waals surface area contributed by atoms with E-state index in [0.717, 1.165) is 36.1 Å². The van der Waals surface area contributed by atoms with Gasteiger partial charge in [0.15, 0.2) is 0 Å². The Morgan fingerprint density at radius 1 is 1.50 bits per heavy atom. The molecule has 0 spiro atoms. The predicted octanol–water partition coefficient (Wildman–Crippen LogP) is 2.25.